The van der Waals surface area contributed by atoms with Crippen molar-refractivity contribution in [2.75, 3.05) is 20.2 Å². The summed E-state index contributed by atoms with van der Waals surface area (Å²) in [5.74, 6) is -0.0479. The Hall–Kier alpha value is -2.91. The third-order valence-electron chi connectivity index (χ3n) is 6.51. The van der Waals surface area contributed by atoms with E-state index in [1.807, 2.05) is 12.1 Å². The van der Waals surface area contributed by atoms with Crippen LogP contribution >= 0.6 is 0 Å². The minimum Gasteiger partial charge on any atom is -0.497 e. The molecule has 0 bridgehead atoms. The monoisotopic (exact) mass is 529 g/mol. The predicted molar refractivity (Wildman–Crippen MR) is 144 cm³/mol. The van der Waals surface area contributed by atoms with Gasteiger partial charge in [0.1, 0.15) is 17.8 Å². The maximum absolute atomic E-state index is 13.5. The van der Waals surface area contributed by atoms with E-state index in [1.165, 1.54) is 16.4 Å². The first kappa shape index (κ1) is 28.7. The lowest BCUT2D eigenvalue weighted by atomic mass is 9.92. The topological polar surface area (TPSA) is 105 Å². The Morgan fingerprint density at radius 2 is 1.73 bits per heavy atom. The van der Waals surface area contributed by atoms with E-state index in [0.29, 0.717) is 25.1 Å². The Morgan fingerprint density at radius 1 is 1.05 bits per heavy atom. The quantitative estimate of drug-likeness (QED) is 0.490. The number of carbonyl (C=O) groups is 2. The van der Waals surface area contributed by atoms with Gasteiger partial charge in [0.2, 0.25) is 21.8 Å². The standard InChI is InChI=1S/C28H39N3O5S/c1-28(2,3)17-18-29-26(32)24(20-21-13-15-22(36-4)16-14-21)30-27(33)25-12-8-9-19-31(25)37(34,35)23-10-6-5-7-11-23/h5-7,10-11,13-16,24-25H,8-9,12,17-20H2,1-4H3,(H,29,32)(H,30,33)/t24-,25-/m0/s1. The van der Waals surface area contributed by atoms with Crippen molar-refractivity contribution in [3.05, 3.63) is 60.2 Å². The summed E-state index contributed by atoms with van der Waals surface area (Å²) < 4.78 is 33.2. The van der Waals surface area contributed by atoms with Crippen LogP contribution in [0.2, 0.25) is 0 Å². The lowest BCUT2D eigenvalue weighted by molar-refractivity contribution is -0.131. The summed E-state index contributed by atoms with van der Waals surface area (Å²) in [6.45, 7) is 7.04. The minimum absolute atomic E-state index is 0.0520. The second-order valence-electron chi connectivity index (χ2n) is 10.7. The number of nitrogens with one attached hydrogen (secondary N) is 2. The van der Waals surface area contributed by atoms with Crippen LogP contribution in [0, 0.1) is 5.41 Å². The van der Waals surface area contributed by atoms with E-state index in [-0.39, 0.29) is 29.2 Å². The van der Waals surface area contributed by atoms with Crippen molar-refractivity contribution in [1.82, 2.24) is 14.9 Å². The molecular formula is C28H39N3O5S. The molecule has 1 saturated heterocycles. The summed E-state index contributed by atoms with van der Waals surface area (Å²) in [6, 6.07) is 13.8. The van der Waals surface area contributed by atoms with Crippen molar-refractivity contribution >= 4 is 21.8 Å². The summed E-state index contributed by atoms with van der Waals surface area (Å²) in [6.07, 6.45) is 2.87. The van der Waals surface area contributed by atoms with E-state index < -0.39 is 28.0 Å². The van der Waals surface area contributed by atoms with Crippen molar-refractivity contribution in [3.8, 4) is 5.75 Å². The molecule has 0 saturated carbocycles. The zero-order valence-corrected chi connectivity index (χ0v) is 23.0. The van der Waals surface area contributed by atoms with E-state index in [9.17, 15) is 18.0 Å². The molecule has 1 fully saturated rings. The molecule has 202 valence electrons. The van der Waals surface area contributed by atoms with Gasteiger partial charge in [0.05, 0.1) is 12.0 Å². The van der Waals surface area contributed by atoms with Crippen molar-refractivity contribution in [2.24, 2.45) is 5.41 Å². The Kier molecular flexibility index (Phi) is 9.73. The van der Waals surface area contributed by atoms with Crippen LogP contribution in [0.5, 0.6) is 5.75 Å². The highest BCUT2D eigenvalue weighted by molar-refractivity contribution is 7.89. The van der Waals surface area contributed by atoms with Crippen LogP contribution in [0.1, 0.15) is 52.0 Å². The molecule has 0 radical (unpaired) electrons. The highest BCUT2D eigenvalue weighted by Crippen LogP contribution is 2.26. The summed E-state index contributed by atoms with van der Waals surface area (Å²) in [5, 5.41) is 5.82. The van der Waals surface area contributed by atoms with Gasteiger partial charge in [-0.2, -0.15) is 4.31 Å². The number of benzene rings is 2. The number of nitrogens with zero attached hydrogens (tertiary/aromatic N) is 1. The Labute approximate surface area is 220 Å². The second-order valence-corrected chi connectivity index (χ2v) is 12.5. The van der Waals surface area contributed by atoms with Gasteiger partial charge in [-0.1, -0.05) is 57.5 Å². The molecule has 2 aromatic rings. The average molecular weight is 530 g/mol. The van der Waals surface area contributed by atoms with Crippen molar-refractivity contribution in [1.29, 1.82) is 0 Å². The fourth-order valence-corrected chi connectivity index (χ4v) is 6.02. The molecule has 0 unspecified atom stereocenters. The highest BCUT2D eigenvalue weighted by Gasteiger charge is 2.38. The summed E-state index contributed by atoms with van der Waals surface area (Å²) >= 11 is 0. The molecule has 1 aliphatic rings. The Morgan fingerprint density at radius 3 is 2.35 bits per heavy atom. The molecule has 8 nitrogen and oxygen atoms in total. The number of piperidine rings is 1. The molecule has 0 aromatic heterocycles. The number of sulfonamides is 1. The number of methoxy groups -OCH3 is 1. The van der Waals surface area contributed by atoms with Gasteiger partial charge in [-0.15, -0.1) is 0 Å². The Bertz CT molecular complexity index is 1140. The lowest BCUT2D eigenvalue weighted by Gasteiger charge is -2.34. The number of ether oxygens (including phenoxy) is 1. The van der Waals surface area contributed by atoms with Crippen LogP contribution in [-0.2, 0) is 26.0 Å². The number of hydrogen-bond donors (Lipinski definition) is 2. The van der Waals surface area contributed by atoms with Gasteiger partial charge in [0.15, 0.2) is 0 Å². The summed E-state index contributed by atoms with van der Waals surface area (Å²) in [5.41, 5.74) is 0.908. The first-order chi connectivity index (χ1) is 17.5. The molecule has 9 heteroatoms. The lowest BCUT2D eigenvalue weighted by Crippen LogP contribution is -2.56. The third kappa shape index (κ3) is 8.04. The van der Waals surface area contributed by atoms with E-state index in [0.717, 1.165) is 18.4 Å². The van der Waals surface area contributed by atoms with Gasteiger partial charge in [0.25, 0.3) is 0 Å². The van der Waals surface area contributed by atoms with Gasteiger partial charge >= 0.3 is 0 Å². The maximum atomic E-state index is 13.5. The Balaban J connectivity index is 1.80. The molecule has 2 atom stereocenters. The summed E-state index contributed by atoms with van der Waals surface area (Å²) in [7, 11) is -2.27. The molecule has 2 N–H and O–H groups in total. The maximum Gasteiger partial charge on any atom is 0.243 e. The van der Waals surface area contributed by atoms with Gasteiger partial charge < -0.3 is 15.4 Å². The van der Waals surface area contributed by atoms with Crippen LogP contribution in [0.4, 0.5) is 0 Å². The molecule has 0 spiro atoms. The molecule has 1 aliphatic heterocycles. The molecule has 2 aromatic carbocycles. The van der Waals surface area contributed by atoms with Crippen LogP contribution in [0.15, 0.2) is 59.5 Å². The van der Waals surface area contributed by atoms with Gasteiger partial charge in [0, 0.05) is 19.5 Å². The van der Waals surface area contributed by atoms with E-state index >= 15 is 0 Å². The zero-order chi connectivity index (χ0) is 27.1. The molecular weight excluding hydrogens is 490 g/mol. The van der Waals surface area contributed by atoms with Crippen molar-refractivity contribution in [2.45, 2.75) is 69.9 Å². The SMILES string of the molecule is COc1ccc(C[C@H](NC(=O)[C@@H]2CCCCN2S(=O)(=O)c2ccccc2)C(=O)NCCC(C)(C)C)cc1. The predicted octanol–water partition coefficient (Wildman–Crippen LogP) is 3.52. The number of amides is 2. The van der Waals surface area contributed by atoms with Gasteiger partial charge in [-0.05, 0) is 54.5 Å². The van der Waals surface area contributed by atoms with Crippen LogP contribution < -0.4 is 15.4 Å². The second kappa shape index (κ2) is 12.6. The number of carbonyl (C=O) groups excluding carboxylic acids is 2. The van der Waals surface area contributed by atoms with Crippen LogP contribution in [0.25, 0.3) is 0 Å². The van der Waals surface area contributed by atoms with Crippen molar-refractivity contribution < 1.29 is 22.7 Å². The highest BCUT2D eigenvalue weighted by atomic mass is 32.2. The molecule has 3 rings (SSSR count). The van der Waals surface area contributed by atoms with Gasteiger partial charge in [-0.25, -0.2) is 8.42 Å². The van der Waals surface area contributed by atoms with Crippen LogP contribution in [0.3, 0.4) is 0 Å². The minimum atomic E-state index is -3.85. The first-order valence-corrected chi connectivity index (χ1v) is 14.2. The zero-order valence-electron chi connectivity index (χ0n) is 22.2. The fourth-order valence-electron chi connectivity index (χ4n) is 4.34. The number of rotatable bonds is 10. The van der Waals surface area contributed by atoms with E-state index in [4.69, 9.17) is 4.74 Å². The smallest absolute Gasteiger partial charge is 0.243 e. The first-order valence-electron chi connectivity index (χ1n) is 12.8. The van der Waals surface area contributed by atoms with E-state index in [2.05, 4.69) is 31.4 Å². The summed E-state index contributed by atoms with van der Waals surface area (Å²) in [4.78, 5) is 26.9. The molecule has 1 heterocycles. The third-order valence-corrected chi connectivity index (χ3v) is 8.43. The molecule has 0 aliphatic carbocycles. The fraction of sp³-hybridized carbons (Fsp3) is 0.500. The van der Waals surface area contributed by atoms with E-state index in [1.54, 1.807) is 37.4 Å². The van der Waals surface area contributed by atoms with Crippen LogP contribution in [-0.4, -0.2) is 56.8 Å². The largest absolute Gasteiger partial charge is 0.497 e. The van der Waals surface area contributed by atoms with Gasteiger partial charge in [-0.3, -0.25) is 9.59 Å². The number of hydrogen-bond acceptors (Lipinski definition) is 5. The molecule has 37 heavy (non-hydrogen) atoms. The normalized spacial score (nSPS) is 17.6. The van der Waals surface area contributed by atoms with Crippen molar-refractivity contribution in [3.63, 3.8) is 0 Å². The molecule has 2 amide bonds. The average Bonchev–Trinajstić information content (AvgIpc) is 2.88.